The van der Waals surface area contributed by atoms with Gasteiger partial charge in [0, 0.05) is 43.7 Å². The Labute approximate surface area is 204 Å². The molecule has 35 heavy (non-hydrogen) atoms. The first-order valence-electron chi connectivity index (χ1n) is 11.2. The number of piperazine rings is 1. The highest BCUT2D eigenvalue weighted by molar-refractivity contribution is 7.88. The summed E-state index contributed by atoms with van der Waals surface area (Å²) in [6.07, 6.45) is 4.72. The Hall–Kier alpha value is -3.00. The minimum Gasteiger partial charge on any atom is -0.346 e. The van der Waals surface area contributed by atoms with Crippen molar-refractivity contribution >= 4 is 49.4 Å². The number of benzene rings is 1. The highest BCUT2D eigenvalue weighted by atomic mass is 32.2. The first-order chi connectivity index (χ1) is 16.7. The molecule has 13 heteroatoms. The summed E-state index contributed by atoms with van der Waals surface area (Å²) in [5, 5.41) is 5.40. The largest absolute Gasteiger partial charge is 0.346 e. The number of carbonyl (C=O) groups excluding carboxylic acids is 1. The first kappa shape index (κ1) is 23.7. The van der Waals surface area contributed by atoms with Crippen LogP contribution in [-0.2, 0) is 25.7 Å². The maximum atomic E-state index is 12.2. The van der Waals surface area contributed by atoms with Gasteiger partial charge < -0.3 is 10.3 Å². The van der Waals surface area contributed by atoms with E-state index >= 15 is 0 Å². The summed E-state index contributed by atoms with van der Waals surface area (Å²) in [6, 6.07) is 10.8. The van der Waals surface area contributed by atoms with Crippen LogP contribution in [-0.4, -0.2) is 74.5 Å². The summed E-state index contributed by atoms with van der Waals surface area (Å²) < 4.78 is 50.3. The second kappa shape index (κ2) is 9.22. The normalized spacial score (nSPS) is 17.7. The number of sulfonamides is 1. The number of H-pyrrole nitrogens is 1. The van der Waals surface area contributed by atoms with Crippen LogP contribution in [0.5, 0.6) is 0 Å². The van der Waals surface area contributed by atoms with Crippen molar-refractivity contribution in [2.75, 3.05) is 42.2 Å². The number of nitrogens with one attached hydrogen (secondary N) is 2. The van der Waals surface area contributed by atoms with Crippen LogP contribution in [0.4, 0.5) is 11.5 Å². The number of fused-ring (bicyclic) bond motifs is 1. The number of hydrogen-bond donors (Lipinski definition) is 3. The van der Waals surface area contributed by atoms with Crippen molar-refractivity contribution in [3.8, 4) is 11.1 Å². The van der Waals surface area contributed by atoms with Crippen molar-refractivity contribution in [1.29, 1.82) is 0 Å². The molecule has 1 saturated heterocycles. The minimum absolute atomic E-state index is 0.0319. The molecule has 1 aliphatic heterocycles. The van der Waals surface area contributed by atoms with E-state index in [0.717, 1.165) is 35.6 Å². The van der Waals surface area contributed by atoms with E-state index in [4.69, 9.17) is 0 Å². The molecule has 1 aromatic carbocycles. The quantitative estimate of drug-likeness (QED) is 0.402. The third-order valence-electron chi connectivity index (χ3n) is 6.24. The highest BCUT2D eigenvalue weighted by Gasteiger charge is 2.30. The average molecular weight is 519 g/mol. The monoisotopic (exact) mass is 518 g/mol. The number of hydrazine groups is 1. The smallest absolute Gasteiger partial charge is 0.238 e. The number of rotatable bonds is 7. The number of amides is 1. The molecule has 1 saturated carbocycles. The van der Waals surface area contributed by atoms with Crippen LogP contribution in [0.1, 0.15) is 12.8 Å². The zero-order valence-electron chi connectivity index (χ0n) is 19.0. The molecule has 11 nitrogen and oxygen atoms in total. The molecule has 1 amide bonds. The molecule has 0 radical (unpaired) electrons. The molecule has 0 atom stereocenters. The van der Waals surface area contributed by atoms with Crippen molar-refractivity contribution in [2.24, 2.45) is 5.92 Å². The maximum absolute atomic E-state index is 12.2. The number of pyridine rings is 1. The lowest BCUT2D eigenvalue weighted by atomic mass is 10.0. The van der Waals surface area contributed by atoms with Crippen molar-refractivity contribution in [1.82, 2.24) is 19.3 Å². The van der Waals surface area contributed by atoms with Gasteiger partial charge in [-0.25, -0.2) is 31.2 Å². The SMILES string of the molecule is CS(=O)(=O)N1CCN(N(c2ccc(-c3cc(NC(=O)C4CC4)nc4[nH]ccc34)cc2)[SH](=O)=O)CC1. The number of aromatic amines is 1. The molecular formula is C22H26N6O5S2. The average Bonchev–Trinajstić information content (AvgIpc) is 3.57. The number of anilines is 2. The lowest BCUT2D eigenvalue weighted by molar-refractivity contribution is -0.117. The molecule has 0 unspecified atom stereocenters. The number of nitrogens with zero attached hydrogens (tertiary/aromatic N) is 4. The molecule has 186 valence electrons. The van der Waals surface area contributed by atoms with Gasteiger partial charge >= 0.3 is 0 Å². The number of thiol groups is 1. The van der Waals surface area contributed by atoms with E-state index in [1.54, 1.807) is 23.3 Å². The van der Waals surface area contributed by atoms with E-state index in [1.165, 1.54) is 8.72 Å². The van der Waals surface area contributed by atoms with E-state index < -0.39 is 20.9 Å². The minimum atomic E-state index is -3.32. The summed E-state index contributed by atoms with van der Waals surface area (Å²) in [4.78, 5) is 19.8. The van der Waals surface area contributed by atoms with Gasteiger partial charge in [-0.3, -0.25) is 4.79 Å². The van der Waals surface area contributed by atoms with E-state index in [1.807, 2.05) is 24.3 Å². The predicted molar refractivity (Wildman–Crippen MR) is 134 cm³/mol. The van der Waals surface area contributed by atoms with Gasteiger partial charge in [0.05, 0.1) is 11.9 Å². The van der Waals surface area contributed by atoms with Gasteiger partial charge in [0.15, 0.2) is 0 Å². The Bertz CT molecular complexity index is 1430. The molecule has 2 aliphatic rings. The second-order valence-corrected chi connectivity index (χ2v) is 11.6. The molecule has 5 rings (SSSR count). The molecule has 3 aromatic rings. The Morgan fingerprint density at radius 1 is 1.11 bits per heavy atom. The van der Waals surface area contributed by atoms with Crippen LogP contribution in [0.15, 0.2) is 42.6 Å². The number of carbonyl (C=O) groups is 1. The zero-order valence-corrected chi connectivity index (χ0v) is 20.8. The Balaban J connectivity index is 1.41. The lowest BCUT2D eigenvalue weighted by Crippen LogP contribution is -2.54. The van der Waals surface area contributed by atoms with Gasteiger partial charge in [0.1, 0.15) is 11.5 Å². The fraction of sp³-hybridized carbons (Fsp3) is 0.364. The van der Waals surface area contributed by atoms with Gasteiger partial charge in [-0.1, -0.05) is 12.1 Å². The third kappa shape index (κ3) is 5.03. The van der Waals surface area contributed by atoms with Gasteiger partial charge in [0.2, 0.25) is 26.8 Å². The second-order valence-electron chi connectivity index (χ2n) is 8.75. The molecule has 0 spiro atoms. The fourth-order valence-electron chi connectivity index (χ4n) is 4.25. The fourth-order valence-corrected chi connectivity index (χ4v) is 5.78. The van der Waals surface area contributed by atoms with Crippen LogP contribution in [0.3, 0.4) is 0 Å². The van der Waals surface area contributed by atoms with Crippen molar-refractivity contribution in [3.63, 3.8) is 0 Å². The van der Waals surface area contributed by atoms with Gasteiger partial charge in [-0.05, 0) is 48.2 Å². The lowest BCUT2D eigenvalue weighted by Gasteiger charge is -2.38. The topological polar surface area (TPSA) is 136 Å². The summed E-state index contributed by atoms with van der Waals surface area (Å²) in [5.41, 5.74) is 2.80. The molecule has 2 fully saturated rings. The molecule has 2 N–H and O–H groups in total. The zero-order chi connectivity index (χ0) is 24.7. The van der Waals surface area contributed by atoms with E-state index in [-0.39, 0.29) is 38.0 Å². The molecule has 0 bridgehead atoms. The van der Waals surface area contributed by atoms with Crippen molar-refractivity contribution in [2.45, 2.75) is 12.8 Å². The molecular weight excluding hydrogens is 492 g/mol. The highest BCUT2D eigenvalue weighted by Crippen LogP contribution is 2.33. The third-order valence-corrected chi connectivity index (χ3v) is 8.34. The van der Waals surface area contributed by atoms with Crippen molar-refractivity contribution < 1.29 is 21.6 Å². The van der Waals surface area contributed by atoms with E-state index in [0.29, 0.717) is 17.2 Å². The van der Waals surface area contributed by atoms with E-state index in [9.17, 15) is 21.6 Å². The first-order valence-corrected chi connectivity index (χ1v) is 14.2. The van der Waals surface area contributed by atoms with Crippen LogP contribution in [0, 0.1) is 5.92 Å². The standard InChI is InChI=1S/C22H26N6O5S2/c1-35(32,33)27-12-10-26(11-13-27)28(34(30)31)17-6-4-15(5-7-17)19-14-20(25-22(29)16-2-3-16)24-21-18(19)8-9-23-21/h4-9,14,16,34H,2-3,10-13H2,1H3,(H2,23,24,25,29). The summed E-state index contributed by atoms with van der Waals surface area (Å²) >= 11 is 0. The van der Waals surface area contributed by atoms with Crippen LogP contribution >= 0.6 is 0 Å². The Morgan fingerprint density at radius 2 is 1.80 bits per heavy atom. The van der Waals surface area contributed by atoms with Crippen molar-refractivity contribution in [3.05, 3.63) is 42.6 Å². The van der Waals surface area contributed by atoms with Crippen LogP contribution in [0.2, 0.25) is 0 Å². The maximum Gasteiger partial charge on any atom is 0.238 e. The van der Waals surface area contributed by atoms with Gasteiger partial charge in [0.25, 0.3) is 0 Å². The van der Waals surface area contributed by atoms with Gasteiger partial charge in [-0.15, -0.1) is 0 Å². The number of hydrogen-bond acceptors (Lipinski definition) is 7. The van der Waals surface area contributed by atoms with E-state index in [2.05, 4.69) is 15.3 Å². The molecule has 3 heterocycles. The van der Waals surface area contributed by atoms with Crippen LogP contribution in [0.25, 0.3) is 22.2 Å². The Morgan fingerprint density at radius 3 is 2.40 bits per heavy atom. The van der Waals surface area contributed by atoms with Crippen LogP contribution < -0.4 is 9.73 Å². The summed E-state index contributed by atoms with van der Waals surface area (Å²) in [6.45, 7) is 0.954. The summed E-state index contributed by atoms with van der Waals surface area (Å²) in [7, 11) is -6.30. The Kier molecular flexibility index (Phi) is 6.25. The molecule has 1 aliphatic carbocycles. The van der Waals surface area contributed by atoms with Gasteiger partial charge in [-0.2, -0.15) is 4.31 Å². The summed E-state index contributed by atoms with van der Waals surface area (Å²) in [5.74, 6) is 0.484. The molecule has 2 aromatic heterocycles. The predicted octanol–water partition coefficient (Wildman–Crippen LogP) is 1.40. The number of aromatic nitrogens is 2.